The summed E-state index contributed by atoms with van der Waals surface area (Å²) in [7, 11) is 0. The number of thioether (sulfide) groups is 1. The summed E-state index contributed by atoms with van der Waals surface area (Å²) in [5.41, 5.74) is 3.99. The average molecular weight is 455 g/mol. The second-order valence-corrected chi connectivity index (χ2v) is 9.00. The topological polar surface area (TPSA) is 44.9 Å². The Labute approximate surface area is 196 Å². The highest BCUT2D eigenvalue weighted by molar-refractivity contribution is 7.99. The van der Waals surface area contributed by atoms with Crippen LogP contribution in [-0.4, -0.2) is 23.2 Å². The first kappa shape index (κ1) is 21.3. The van der Waals surface area contributed by atoms with E-state index in [1.54, 1.807) is 23.9 Å². The van der Waals surface area contributed by atoms with Crippen LogP contribution in [0.4, 0.5) is 4.39 Å². The molecule has 0 unspecified atom stereocenters. The Balaban J connectivity index is 1.26. The predicted octanol–water partition coefficient (Wildman–Crippen LogP) is 6.58. The van der Waals surface area contributed by atoms with Crippen molar-refractivity contribution in [3.63, 3.8) is 0 Å². The number of aromatic amines is 1. The molecule has 0 bridgehead atoms. The largest absolute Gasteiger partial charge is 0.355 e. The molecular formula is C28H23FN2OS. The van der Waals surface area contributed by atoms with E-state index in [0.717, 1.165) is 49.1 Å². The first-order valence-corrected chi connectivity index (χ1v) is 11.9. The average Bonchev–Trinajstić information content (AvgIpc) is 3.21. The molecule has 0 fully saturated rings. The van der Waals surface area contributed by atoms with Crippen molar-refractivity contribution in [2.75, 3.05) is 12.3 Å². The highest BCUT2D eigenvalue weighted by atomic mass is 32.2. The molecule has 0 saturated carbocycles. The monoisotopic (exact) mass is 454 g/mol. The number of carbonyl (C=O) groups excluding carboxylic acids is 1. The molecule has 5 aromatic rings. The second-order valence-electron chi connectivity index (χ2n) is 7.90. The van der Waals surface area contributed by atoms with Gasteiger partial charge < -0.3 is 10.3 Å². The van der Waals surface area contributed by atoms with Gasteiger partial charge in [0.05, 0.1) is 12.1 Å². The number of para-hydroxylation sites is 1. The number of halogens is 1. The molecular weight excluding hydrogens is 431 g/mol. The van der Waals surface area contributed by atoms with Gasteiger partial charge in [-0.05, 0) is 52.2 Å². The number of fused-ring (bicyclic) bond motifs is 2. The second kappa shape index (κ2) is 9.51. The summed E-state index contributed by atoms with van der Waals surface area (Å²) in [5, 5.41) is 6.44. The van der Waals surface area contributed by atoms with Crippen LogP contribution in [0, 0.1) is 5.82 Å². The number of hydrogen-bond donors (Lipinski definition) is 2. The van der Waals surface area contributed by atoms with E-state index in [1.807, 2.05) is 42.5 Å². The van der Waals surface area contributed by atoms with Crippen molar-refractivity contribution in [1.82, 2.24) is 10.3 Å². The molecule has 0 atom stereocenters. The van der Waals surface area contributed by atoms with Gasteiger partial charge in [0.1, 0.15) is 5.82 Å². The number of benzene rings is 4. The normalized spacial score (nSPS) is 11.2. The van der Waals surface area contributed by atoms with Crippen molar-refractivity contribution in [3.8, 4) is 11.3 Å². The zero-order valence-corrected chi connectivity index (χ0v) is 18.8. The van der Waals surface area contributed by atoms with Gasteiger partial charge in [-0.1, -0.05) is 60.7 Å². The van der Waals surface area contributed by atoms with Gasteiger partial charge >= 0.3 is 0 Å². The number of amides is 1. The minimum atomic E-state index is -0.252. The molecule has 4 aromatic carbocycles. The number of nitrogens with one attached hydrogen (secondary N) is 2. The third-order valence-corrected chi connectivity index (χ3v) is 6.81. The zero-order chi connectivity index (χ0) is 22.6. The van der Waals surface area contributed by atoms with Crippen LogP contribution in [0.25, 0.3) is 32.9 Å². The number of rotatable bonds is 7. The fourth-order valence-corrected chi connectivity index (χ4v) is 5.17. The molecule has 33 heavy (non-hydrogen) atoms. The van der Waals surface area contributed by atoms with Crippen LogP contribution >= 0.6 is 11.8 Å². The summed E-state index contributed by atoms with van der Waals surface area (Å²) in [6.45, 7) is 0.566. The Morgan fingerprint density at radius 1 is 0.848 bits per heavy atom. The molecule has 1 aromatic heterocycles. The number of carbonyl (C=O) groups is 1. The molecule has 1 heterocycles. The lowest BCUT2D eigenvalue weighted by Gasteiger charge is -2.09. The van der Waals surface area contributed by atoms with Gasteiger partial charge in [-0.15, -0.1) is 11.8 Å². The maximum atomic E-state index is 13.4. The van der Waals surface area contributed by atoms with Crippen molar-refractivity contribution < 1.29 is 9.18 Å². The minimum absolute atomic E-state index is 0.0182. The van der Waals surface area contributed by atoms with E-state index in [4.69, 9.17) is 0 Å². The fraction of sp³-hybridized carbons (Fsp3) is 0.107. The number of H-pyrrole nitrogens is 1. The van der Waals surface area contributed by atoms with Crippen LogP contribution in [0.3, 0.4) is 0 Å². The van der Waals surface area contributed by atoms with Crippen LogP contribution in [0.2, 0.25) is 0 Å². The molecule has 0 aliphatic rings. The predicted molar refractivity (Wildman–Crippen MR) is 135 cm³/mol. The lowest BCUT2D eigenvalue weighted by Crippen LogP contribution is -2.27. The van der Waals surface area contributed by atoms with Gasteiger partial charge in [-0.2, -0.15) is 0 Å². The third-order valence-electron chi connectivity index (χ3n) is 5.69. The van der Waals surface area contributed by atoms with Crippen LogP contribution in [0.5, 0.6) is 0 Å². The summed E-state index contributed by atoms with van der Waals surface area (Å²) < 4.78 is 13.4. The summed E-state index contributed by atoms with van der Waals surface area (Å²) in [4.78, 5) is 17.2. The summed E-state index contributed by atoms with van der Waals surface area (Å²) in [6, 6.07) is 28.9. The third kappa shape index (κ3) is 4.64. The van der Waals surface area contributed by atoms with E-state index in [-0.39, 0.29) is 11.7 Å². The molecule has 1 amide bonds. The number of aromatic nitrogens is 1. The smallest absolute Gasteiger partial charge is 0.224 e. The van der Waals surface area contributed by atoms with Gasteiger partial charge in [0.2, 0.25) is 5.91 Å². The van der Waals surface area contributed by atoms with Crippen molar-refractivity contribution in [3.05, 3.63) is 102 Å². The Morgan fingerprint density at radius 2 is 1.58 bits per heavy atom. The molecule has 0 radical (unpaired) electrons. The van der Waals surface area contributed by atoms with Crippen LogP contribution in [-0.2, 0) is 11.2 Å². The minimum Gasteiger partial charge on any atom is -0.355 e. The van der Waals surface area contributed by atoms with E-state index < -0.39 is 0 Å². The molecule has 0 aliphatic carbocycles. The molecule has 0 spiro atoms. The summed E-state index contributed by atoms with van der Waals surface area (Å²) >= 11 is 1.69. The van der Waals surface area contributed by atoms with Gasteiger partial charge in [-0.3, -0.25) is 4.79 Å². The molecule has 0 saturated heterocycles. The van der Waals surface area contributed by atoms with Gasteiger partial charge in [0, 0.05) is 28.1 Å². The standard InChI is InChI=1S/C28H23FN2OS/c29-22-14-12-20(13-15-22)27-28(24-10-3-4-11-25(24)31-27)33-17-16-30-26(32)18-21-8-5-7-19-6-1-2-9-23(19)21/h1-15,31H,16-18H2,(H,30,32). The molecule has 2 N–H and O–H groups in total. The Hall–Kier alpha value is -3.57. The maximum absolute atomic E-state index is 13.4. The van der Waals surface area contributed by atoms with E-state index in [2.05, 4.69) is 34.6 Å². The van der Waals surface area contributed by atoms with Gasteiger partial charge in [0.25, 0.3) is 0 Å². The lowest BCUT2D eigenvalue weighted by atomic mass is 10.0. The van der Waals surface area contributed by atoms with Gasteiger partial charge in [-0.25, -0.2) is 4.39 Å². The highest BCUT2D eigenvalue weighted by Crippen LogP contribution is 2.37. The van der Waals surface area contributed by atoms with Crippen LogP contribution in [0.1, 0.15) is 5.56 Å². The van der Waals surface area contributed by atoms with E-state index in [0.29, 0.717) is 13.0 Å². The van der Waals surface area contributed by atoms with Crippen molar-refractivity contribution >= 4 is 39.3 Å². The number of hydrogen-bond acceptors (Lipinski definition) is 2. The van der Waals surface area contributed by atoms with Crippen LogP contribution < -0.4 is 5.32 Å². The van der Waals surface area contributed by atoms with Crippen molar-refractivity contribution in [2.24, 2.45) is 0 Å². The van der Waals surface area contributed by atoms with Crippen LogP contribution in [0.15, 0.2) is 95.9 Å². The van der Waals surface area contributed by atoms with E-state index >= 15 is 0 Å². The molecule has 0 aliphatic heterocycles. The maximum Gasteiger partial charge on any atom is 0.224 e. The van der Waals surface area contributed by atoms with Crippen molar-refractivity contribution in [2.45, 2.75) is 11.3 Å². The molecule has 5 heteroatoms. The van der Waals surface area contributed by atoms with Crippen molar-refractivity contribution in [1.29, 1.82) is 0 Å². The molecule has 164 valence electrons. The summed E-state index contributed by atoms with van der Waals surface area (Å²) in [6.07, 6.45) is 0.361. The molecule has 5 rings (SSSR count). The van der Waals surface area contributed by atoms with Gasteiger partial charge in [0.15, 0.2) is 0 Å². The Kier molecular flexibility index (Phi) is 6.13. The zero-order valence-electron chi connectivity index (χ0n) is 18.0. The lowest BCUT2D eigenvalue weighted by molar-refractivity contribution is -0.120. The fourth-order valence-electron chi connectivity index (χ4n) is 4.11. The highest BCUT2D eigenvalue weighted by Gasteiger charge is 2.14. The Bertz CT molecular complexity index is 1420. The van der Waals surface area contributed by atoms with E-state index in [9.17, 15) is 9.18 Å². The molecule has 3 nitrogen and oxygen atoms in total. The first-order valence-electron chi connectivity index (χ1n) is 10.9. The first-order chi connectivity index (χ1) is 16.2. The summed E-state index contributed by atoms with van der Waals surface area (Å²) in [5.74, 6) is 0.500. The van der Waals surface area contributed by atoms with E-state index in [1.165, 1.54) is 12.1 Å². The quantitative estimate of drug-likeness (QED) is 0.216. The SMILES string of the molecule is O=C(Cc1cccc2ccccc12)NCCSc1c(-c2ccc(F)cc2)[nH]c2ccccc12. The Morgan fingerprint density at radius 3 is 2.42 bits per heavy atom.